The molecule has 4 spiro atoms. The number of nitrogens with one attached hydrogen (secondary N) is 2. The Hall–Kier alpha value is -4.57. The Labute approximate surface area is 477 Å². The van der Waals surface area contributed by atoms with E-state index in [1.165, 1.54) is 86.5 Å². The molecular weight excluding hydrogens is 1040 g/mol. The first kappa shape index (κ1) is 51.1. The number of benzene rings is 2. The van der Waals surface area contributed by atoms with Crippen LogP contribution in [-0.2, 0) is 11.2 Å². The van der Waals surface area contributed by atoms with Crippen molar-refractivity contribution >= 4 is 38.3 Å². The highest BCUT2D eigenvalue weighted by Gasteiger charge is 2.66. The highest BCUT2D eigenvalue weighted by atomic mass is 33.1. The minimum absolute atomic E-state index is 0.0142. The molecule has 2 aromatic carbocycles. The Morgan fingerprint density at radius 2 is 1.66 bits per heavy atom. The summed E-state index contributed by atoms with van der Waals surface area (Å²) in [5.74, 6) is 11.7. The molecule has 5 saturated carbocycles. The fraction of sp³-hybridized carbons (Fsp3) is 0.597. The molecule has 0 saturated heterocycles. The average molecular weight is 1110 g/mol. The molecule has 2 aromatic heterocycles. The number of carbonyl (C=O) groups excluding carboxylic acids is 1. The Balaban J connectivity index is 0.760. The van der Waals surface area contributed by atoms with Gasteiger partial charge in [0.15, 0.2) is 17.7 Å². The number of nitrogens with zero attached hydrogens (tertiary/aromatic N) is 1. The number of phenols is 1. The van der Waals surface area contributed by atoms with Gasteiger partial charge in [0.2, 0.25) is 0 Å². The molecule has 5 fully saturated rings. The number of aromatic amines is 1. The molecule has 11 nitrogen and oxygen atoms in total. The molecule has 13 heteroatoms. The molecule has 15 atom stereocenters. The second kappa shape index (κ2) is 19.0. The standard InChI is InChI=1S/C67H76N4O7S2/c68-62-39-12-11-38-51(72)15-13-48-63(71-34-45-44(32-69-50(45)35-71)60-59(38)58(39)49(33-70-62)66(20-5-6-21-66)67(60)22-7-8-23-67)78-56-27-37(53(74)30-55(56)77-26-25-64(48)17-3-4-18-64)10-14-52(73)46-36-79-80-57-16-24-65-19-2-1-9-47(65)41-29-54(75)42(61(46)76)28-40(41)43(57)31-65/h11-12,16,24,27-28,30,32,34-35,41-43,46-49,51,54,57,60-63,69-70,72,74-76H,1-10,14,17-23,29,31,33,36,68H2/t41-,42-,43-,46-,47+,48-,49+,51+,54-,57+,60-,61+,62-,63-,65+/m0/s1. The van der Waals surface area contributed by atoms with Crippen LogP contribution in [-0.4, -0.2) is 65.5 Å². The summed E-state index contributed by atoms with van der Waals surface area (Å²) in [5.41, 5.74) is 15.5. The van der Waals surface area contributed by atoms with Crippen LogP contribution in [0.15, 0.2) is 66.7 Å². The lowest BCUT2D eigenvalue weighted by atomic mass is 9.43. The van der Waals surface area contributed by atoms with Gasteiger partial charge in [-0.1, -0.05) is 127 Å². The fourth-order valence-electron chi connectivity index (χ4n) is 20.3. The fourth-order valence-corrected chi connectivity index (χ4v) is 23.3. The Morgan fingerprint density at radius 3 is 2.50 bits per heavy atom. The maximum absolute atomic E-state index is 14.7. The zero-order valence-corrected chi connectivity index (χ0v) is 47.4. The summed E-state index contributed by atoms with van der Waals surface area (Å²) in [5, 5.41) is 54.2. The van der Waals surface area contributed by atoms with Crippen LogP contribution in [0.4, 0.5) is 0 Å². The third-order valence-electron chi connectivity index (χ3n) is 23.8. The van der Waals surface area contributed by atoms with Crippen LogP contribution in [0.3, 0.4) is 0 Å². The van der Waals surface area contributed by atoms with Crippen molar-refractivity contribution in [3.05, 3.63) is 100 Å². The van der Waals surface area contributed by atoms with Crippen LogP contribution < -0.4 is 20.5 Å². The number of ketones is 1. The zero-order valence-electron chi connectivity index (χ0n) is 45.8. The summed E-state index contributed by atoms with van der Waals surface area (Å²) in [6.45, 7) is 0.841. The molecule has 16 rings (SSSR count). The molecule has 6 heterocycles. The van der Waals surface area contributed by atoms with Gasteiger partial charge < -0.3 is 45.2 Å². The zero-order chi connectivity index (χ0) is 53.9. The van der Waals surface area contributed by atoms with E-state index in [9.17, 15) is 25.2 Å². The van der Waals surface area contributed by atoms with Gasteiger partial charge in [-0.25, -0.2) is 0 Å². The van der Waals surface area contributed by atoms with Gasteiger partial charge in [-0.05, 0) is 144 Å². The molecule has 418 valence electrons. The minimum atomic E-state index is -1.08. The number of phenolic OH excluding ortho intramolecular Hbond substituents is 1. The number of carbonyl (C=O) groups is 1. The Kier molecular flexibility index (Phi) is 12.1. The van der Waals surface area contributed by atoms with Crippen LogP contribution in [0.1, 0.15) is 186 Å². The number of fused-ring (bicyclic) bond motifs is 11. The summed E-state index contributed by atoms with van der Waals surface area (Å²) in [6, 6.07) is 7.68. The topological polar surface area (TPSA) is 175 Å². The van der Waals surface area contributed by atoms with Crippen molar-refractivity contribution in [3.63, 3.8) is 0 Å². The third kappa shape index (κ3) is 7.38. The number of ether oxygens (including phenoxy) is 2. The number of hydrogen-bond acceptors (Lipinski definition) is 11. The van der Waals surface area contributed by atoms with E-state index in [-0.39, 0.29) is 58.5 Å². The van der Waals surface area contributed by atoms with Gasteiger partial charge >= 0.3 is 0 Å². The van der Waals surface area contributed by atoms with E-state index in [0.29, 0.717) is 52.4 Å². The predicted octanol–water partition coefficient (Wildman–Crippen LogP) is 11.7. The normalized spacial score (nSPS) is 37.9. The monoisotopic (exact) mass is 1110 g/mol. The Bertz CT molecular complexity index is 3390. The Morgan fingerprint density at radius 1 is 0.875 bits per heavy atom. The average Bonchev–Trinajstić information content (AvgIpc) is 2.63. The first-order valence-corrected chi connectivity index (χ1v) is 33.2. The number of aromatic hydroxyl groups is 1. The molecule has 4 aromatic rings. The molecular formula is C67H76N4O7S2. The van der Waals surface area contributed by atoms with Gasteiger partial charge in [-0.3, -0.25) is 10.1 Å². The molecule has 6 bridgehead atoms. The lowest BCUT2D eigenvalue weighted by molar-refractivity contribution is -0.127. The SMILES string of the molecule is N[C@H]1NC[C@@H]2c3c1ccc1c3[C@H](c3c[nH]c4cn(cc34)[C@H]3Oc4cc(CCC(=O)[C@@H]5CSS[C@@H]6C=C[C@@]78CCCC[C@@H]7[C@H]7C[C@H](O)[C@H](C=C7[C@@H]6C8)[C@H]5O)c(O)cc4OC#CC4(CCCC4)[C@H]3C#C[C@H]1O)C1(CCCC1)C21CCCC1. The highest BCUT2D eigenvalue weighted by molar-refractivity contribution is 8.77. The summed E-state index contributed by atoms with van der Waals surface area (Å²) in [4.78, 5) is 18.5. The molecule has 4 aliphatic heterocycles. The number of nitrogens with two attached hydrogens (primary N) is 1. The molecule has 0 unspecified atom stereocenters. The van der Waals surface area contributed by atoms with Gasteiger partial charge in [0.05, 0.1) is 41.1 Å². The second-order valence-electron chi connectivity index (χ2n) is 27.1. The number of Topliss-reactive ketones (excluding diaryl/α,β-unsaturated/α-hetero) is 1. The largest absolute Gasteiger partial charge is 0.508 e. The quantitative estimate of drug-likeness (QED) is 0.0588. The van der Waals surface area contributed by atoms with Crippen molar-refractivity contribution in [2.45, 2.75) is 176 Å². The molecule has 0 amide bonds. The lowest BCUT2D eigenvalue weighted by Gasteiger charge is -2.62. The van der Waals surface area contributed by atoms with E-state index in [1.54, 1.807) is 22.9 Å². The molecule has 80 heavy (non-hydrogen) atoms. The first-order valence-electron chi connectivity index (χ1n) is 30.8. The first-order chi connectivity index (χ1) is 39.0. The van der Waals surface area contributed by atoms with E-state index >= 15 is 0 Å². The van der Waals surface area contributed by atoms with Crippen molar-refractivity contribution in [2.24, 2.45) is 62.9 Å². The number of rotatable bonds is 4. The van der Waals surface area contributed by atoms with E-state index in [4.69, 9.17) is 15.2 Å². The number of aliphatic hydroxyl groups excluding tert-OH is 3. The van der Waals surface area contributed by atoms with Crippen LogP contribution in [0.2, 0.25) is 0 Å². The molecule has 12 aliphatic rings. The van der Waals surface area contributed by atoms with E-state index in [1.807, 2.05) is 10.8 Å². The molecule has 8 N–H and O–H groups in total. The minimum Gasteiger partial charge on any atom is -0.508 e. The van der Waals surface area contributed by atoms with E-state index < -0.39 is 47.7 Å². The number of aryl methyl sites for hydroxylation is 1. The predicted molar refractivity (Wildman–Crippen MR) is 311 cm³/mol. The number of aromatic nitrogens is 2. The van der Waals surface area contributed by atoms with Crippen molar-refractivity contribution in [1.29, 1.82) is 0 Å². The van der Waals surface area contributed by atoms with E-state index in [2.05, 4.69) is 87.7 Å². The van der Waals surface area contributed by atoms with Gasteiger partial charge in [-0.15, -0.1) is 0 Å². The number of allylic oxidation sites excluding steroid dienone is 2. The van der Waals surface area contributed by atoms with Crippen LogP contribution in [0.5, 0.6) is 17.2 Å². The summed E-state index contributed by atoms with van der Waals surface area (Å²) < 4.78 is 15.9. The number of aliphatic hydroxyl groups is 3. The smallest absolute Gasteiger partial charge is 0.191 e. The highest BCUT2D eigenvalue weighted by Crippen LogP contribution is 2.75. The van der Waals surface area contributed by atoms with Gasteiger partial charge in [-0.2, -0.15) is 0 Å². The van der Waals surface area contributed by atoms with Crippen molar-refractivity contribution in [3.8, 4) is 41.1 Å². The van der Waals surface area contributed by atoms with Crippen LogP contribution in [0.25, 0.3) is 10.9 Å². The number of hydrogen-bond donors (Lipinski definition) is 7. The number of H-pyrrole nitrogens is 1. The van der Waals surface area contributed by atoms with Crippen molar-refractivity contribution < 1.29 is 34.7 Å². The molecule has 8 aliphatic carbocycles. The molecule has 0 radical (unpaired) electrons. The summed E-state index contributed by atoms with van der Waals surface area (Å²) in [7, 11) is 3.53. The van der Waals surface area contributed by atoms with Crippen LogP contribution >= 0.6 is 21.6 Å². The maximum atomic E-state index is 14.7. The van der Waals surface area contributed by atoms with Gasteiger partial charge in [0.1, 0.15) is 23.7 Å². The summed E-state index contributed by atoms with van der Waals surface area (Å²) in [6.07, 6.45) is 33.2. The van der Waals surface area contributed by atoms with Crippen molar-refractivity contribution in [2.75, 3.05) is 12.3 Å². The second-order valence-corrected chi connectivity index (χ2v) is 29.7. The van der Waals surface area contributed by atoms with Crippen molar-refractivity contribution in [1.82, 2.24) is 14.9 Å². The van der Waals surface area contributed by atoms with E-state index in [0.717, 1.165) is 73.5 Å². The van der Waals surface area contributed by atoms with Gasteiger partial charge in [0.25, 0.3) is 0 Å². The maximum Gasteiger partial charge on any atom is 0.191 e. The third-order valence-corrected chi connectivity index (χ3v) is 26.7. The summed E-state index contributed by atoms with van der Waals surface area (Å²) >= 11 is 0. The van der Waals surface area contributed by atoms with Gasteiger partial charge in [0, 0.05) is 71.8 Å². The lowest BCUT2D eigenvalue weighted by Crippen LogP contribution is -2.56. The van der Waals surface area contributed by atoms with Crippen LogP contribution in [0, 0.1) is 81.0 Å².